The summed E-state index contributed by atoms with van der Waals surface area (Å²) in [5.74, 6) is -0.781. The average Bonchev–Trinajstić information content (AvgIpc) is 2.34. The lowest BCUT2D eigenvalue weighted by Gasteiger charge is -2.18. The molecule has 0 saturated carbocycles. The quantitative estimate of drug-likeness (QED) is 0.918. The summed E-state index contributed by atoms with van der Waals surface area (Å²) in [5, 5.41) is 9.96. The summed E-state index contributed by atoms with van der Waals surface area (Å²) in [7, 11) is 0. The minimum atomic E-state index is -0.361. The first-order chi connectivity index (χ1) is 9.31. The van der Waals surface area contributed by atoms with Gasteiger partial charge in [0.1, 0.15) is 11.5 Å². The summed E-state index contributed by atoms with van der Waals surface area (Å²) >= 11 is 0. The Labute approximate surface area is 117 Å². The van der Waals surface area contributed by atoms with Crippen molar-refractivity contribution in [2.45, 2.75) is 33.1 Å². The Morgan fingerprint density at radius 1 is 1.20 bits per heavy atom. The second-order valence-corrected chi connectivity index (χ2v) is 5.35. The van der Waals surface area contributed by atoms with Gasteiger partial charge < -0.3 is 5.11 Å². The number of aromatic hydroxyl groups is 1. The van der Waals surface area contributed by atoms with E-state index in [4.69, 9.17) is 0 Å². The molecule has 1 aliphatic rings. The van der Waals surface area contributed by atoms with Gasteiger partial charge in [-0.25, -0.2) is 0 Å². The third kappa shape index (κ3) is 2.41. The molecule has 0 radical (unpaired) electrons. The third-order valence-corrected chi connectivity index (χ3v) is 3.34. The zero-order valence-corrected chi connectivity index (χ0v) is 11.7. The average molecular weight is 272 g/mol. The molecule has 1 N–H and O–H groups in total. The molecule has 1 aromatic carbocycles. The van der Waals surface area contributed by atoms with Crippen molar-refractivity contribution >= 4 is 17.3 Å². The number of rotatable bonds is 3. The molecule has 0 bridgehead atoms. The van der Waals surface area contributed by atoms with Gasteiger partial charge in [0.2, 0.25) is 0 Å². The summed E-state index contributed by atoms with van der Waals surface area (Å²) in [6.07, 6.45) is 1.17. The highest BCUT2D eigenvalue weighted by Gasteiger charge is 2.28. The fourth-order valence-corrected chi connectivity index (χ4v) is 2.33. The number of hydrogen-bond acceptors (Lipinski definition) is 4. The van der Waals surface area contributed by atoms with Gasteiger partial charge in [-0.05, 0) is 36.6 Å². The van der Waals surface area contributed by atoms with Crippen molar-refractivity contribution in [2.75, 3.05) is 0 Å². The van der Waals surface area contributed by atoms with Crippen molar-refractivity contribution in [3.8, 4) is 5.75 Å². The Kier molecular flexibility index (Phi) is 3.57. The Morgan fingerprint density at radius 3 is 2.40 bits per heavy atom. The highest BCUT2D eigenvalue weighted by molar-refractivity contribution is 6.25. The van der Waals surface area contributed by atoms with Crippen LogP contribution in [0.15, 0.2) is 23.8 Å². The molecule has 0 unspecified atom stereocenters. The zero-order chi connectivity index (χ0) is 15.0. The molecule has 4 heteroatoms. The van der Waals surface area contributed by atoms with Gasteiger partial charge in [0.15, 0.2) is 11.6 Å². The van der Waals surface area contributed by atoms with Crippen molar-refractivity contribution in [1.82, 2.24) is 0 Å². The van der Waals surface area contributed by atoms with Crippen LogP contribution >= 0.6 is 0 Å². The second kappa shape index (κ2) is 5.04. The molecule has 0 spiro atoms. The molecule has 0 atom stereocenters. The van der Waals surface area contributed by atoms with Crippen molar-refractivity contribution < 1.29 is 19.5 Å². The fraction of sp³-hybridized carbons (Fsp3) is 0.312. The van der Waals surface area contributed by atoms with Gasteiger partial charge in [-0.2, -0.15) is 0 Å². The van der Waals surface area contributed by atoms with E-state index in [0.717, 1.165) is 0 Å². The number of carbonyl (C=O) groups is 3. The van der Waals surface area contributed by atoms with E-state index in [1.165, 1.54) is 19.1 Å². The van der Waals surface area contributed by atoms with Crippen LogP contribution in [0.25, 0.3) is 0 Å². The lowest BCUT2D eigenvalue weighted by Crippen LogP contribution is -2.19. The van der Waals surface area contributed by atoms with E-state index in [1.54, 1.807) is 6.07 Å². The Balaban J connectivity index is 2.55. The molecule has 1 aromatic rings. The van der Waals surface area contributed by atoms with E-state index in [1.807, 2.05) is 13.8 Å². The van der Waals surface area contributed by atoms with Gasteiger partial charge in [-0.15, -0.1) is 0 Å². The van der Waals surface area contributed by atoms with Crippen LogP contribution in [0.3, 0.4) is 0 Å². The predicted octanol–water partition coefficient (Wildman–Crippen LogP) is 2.80. The number of fused-ring (bicyclic) bond motifs is 1. The largest absolute Gasteiger partial charge is 0.508 e. The first-order valence-corrected chi connectivity index (χ1v) is 6.47. The molecule has 0 fully saturated rings. The van der Waals surface area contributed by atoms with Gasteiger partial charge in [0.05, 0.1) is 0 Å². The van der Waals surface area contributed by atoms with Crippen LogP contribution in [0.4, 0.5) is 0 Å². The number of ketones is 3. The maximum absolute atomic E-state index is 12.2. The van der Waals surface area contributed by atoms with Crippen LogP contribution in [0.2, 0.25) is 0 Å². The van der Waals surface area contributed by atoms with E-state index >= 15 is 0 Å². The van der Waals surface area contributed by atoms with Crippen LogP contribution in [0, 0.1) is 0 Å². The minimum absolute atomic E-state index is 0.00368. The molecule has 4 nitrogen and oxygen atoms in total. The molecule has 0 aromatic heterocycles. The first kappa shape index (κ1) is 14.2. The summed E-state index contributed by atoms with van der Waals surface area (Å²) in [6.45, 7) is 5.16. The van der Waals surface area contributed by atoms with Crippen molar-refractivity contribution in [3.63, 3.8) is 0 Å². The standard InChI is InChI=1S/C16H16O4/c1-8(2)11-6-12-13(7-15(11)19)16(20)10(4-9(3)17)5-14(12)18/h5-8,19H,4H2,1-3H3. The van der Waals surface area contributed by atoms with Gasteiger partial charge in [-0.3, -0.25) is 14.4 Å². The molecule has 0 amide bonds. The van der Waals surface area contributed by atoms with Crippen molar-refractivity contribution in [1.29, 1.82) is 0 Å². The first-order valence-electron chi connectivity index (χ1n) is 6.47. The third-order valence-electron chi connectivity index (χ3n) is 3.34. The SMILES string of the molecule is CC(=O)CC1=CC(=O)c2cc(C(C)C)c(O)cc2C1=O. The van der Waals surface area contributed by atoms with Crippen molar-refractivity contribution in [3.05, 3.63) is 40.5 Å². The Bertz CT molecular complexity index is 651. The van der Waals surface area contributed by atoms with Crippen LogP contribution in [-0.4, -0.2) is 22.5 Å². The van der Waals surface area contributed by atoms with E-state index in [2.05, 4.69) is 0 Å². The number of carbonyl (C=O) groups excluding carboxylic acids is 3. The molecule has 2 rings (SSSR count). The minimum Gasteiger partial charge on any atom is -0.508 e. The highest BCUT2D eigenvalue weighted by Crippen LogP contribution is 2.32. The van der Waals surface area contributed by atoms with Crippen LogP contribution in [-0.2, 0) is 4.79 Å². The molecular weight excluding hydrogens is 256 g/mol. The Morgan fingerprint density at radius 2 is 1.85 bits per heavy atom. The molecule has 20 heavy (non-hydrogen) atoms. The molecule has 0 aliphatic heterocycles. The molecule has 104 valence electrons. The van der Waals surface area contributed by atoms with Gasteiger partial charge >= 0.3 is 0 Å². The number of Topliss-reactive ketones (excluding diaryl/α,β-unsaturated/α-hetero) is 2. The van der Waals surface area contributed by atoms with Crippen LogP contribution in [0.5, 0.6) is 5.75 Å². The van der Waals surface area contributed by atoms with E-state index < -0.39 is 0 Å². The molecule has 0 heterocycles. The normalized spacial score (nSPS) is 14.3. The maximum atomic E-state index is 12.2. The number of benzene rings is 1. The van der Waals surface area contributed by atoms with E-state index in [0.29, 0.717) is 11.1 Å². The topological polar surface area (TPSA) is 71.4 Å². The van der Waals surface area contributed by atoms with E-state index in [9.17, 15) is 19.5 Å². The van der Waals surface area contributed by atoms with E-state index in [-0.39, 0.29) is 46.6 Å². The van der Waals surface area contributed by atoms with Gasteiger partial charge in [0.25, 0.3) is 0 Å². The van der Waals surface area contributed by atoms with Crippen LogP contribution in [0.1, 0.15) is 59.4 Å². The van der Waals surface area contributed by atoms with Gasteiger partial charge in [-0.1, -0.05) is 13.8 Å². The number of allylic oxidation sites excluding steroid dienone is 2. The number of phenolic OH excluding ortho intramolecular Hbond substituents is 1. The summed E-state index contributed by atoms with van der Waals surface area (Å²) in [4.78, 5) is 35.5. The predicted molar refractivity (Wildman–Crippen MR) is 74.2 cm³/mol. The molecular formula is C16H16O4. The Hall–Kier alpha value is -2.23. The lowest BCUT2D eigenvalue weighted by atomic mass is 9.85. The zero-order valence-electron chi connectivity index (χ0n) is 11.7. The lowest BCUT2D eigenvalue weighted by molar-refractivity contribution is -0.116. The fourth-order valence-electron chi connectivity index (χ4n) is 2.33. The smallest absolute Gasteiger partial charge is 0.190 e. The monoisotopic (exact) mass is 272 g/mol. The van der Waals surface area contributed by atoms with Gasteiger partial charge in [0, 0.05) is 23.1 Å². The second-order valence-electron chi connectivity index (χ2n) is 5.35. The number of phenols is 1. The molecule has 1 aliphatic carbocycles. The summed E-state index contributed by atoms with van der Waals surface area (Å²) in [6, 6.07) is 2.90. The molecule has 0 saturated heterocycles. The summed E-state index contributed by atoms with van der Waals surface area (Å²) in [5.41, 5.74) is 1.29. The van der Waals surface area contributed by atoms with Crippen LogP contribution < -0.4 is 0 Å². The highest BCUT2D eigenvalue weighted by atomic mass is 16.3. The summed E-state index contributed by atoms with van der Waals surface area (Å²) < 4.78 is 0. The number of hydrogen-bond donors (Lipinski definition) is 1. The maximum Gasteiger partial charge on any atom is 0.190 e. The van der Waals surface area contributed by atoms with Crippen molar-refractivity contribution in [2.24, 2.45) is 0 Å².